The third-order valence-corrected chi connectivity index (χ3v) is 11.5. The molecular weight excluding hydrogens is 709 g/mol. The Kier molecular flexibility index (Phi) is 10.6. The normalized spacial score (nSPS) is 23.8. The van der Waals surface area contributed by atoms with Gasteiger partial charge in [-0.3, -0.25) is 29.4 Å². The highest BCUT2D eigenvalue weighted by molar-refractivity contribution is 6.03. The molecule has 0 radical (unpaired) electrons. The molecule has 3 N–H and O–H groups in total. The number of nitrogens with one attached hydrogen (secondary N) is 3. The van der Waals surface area contributed by atoms with E-state index < -0.39 is 24.2 Å². The Bertz CT molecular complexity index is 2110. The zero-order valence-corrected chi connectivity index (χ0v) is 31.4. The number of amides is 5. The summed E-state index contributed by atoms with van der Waals surface area (Å²) in [5.41, 5.74) is 5.95. The van der Waals surface area contributed by atoms with Gasteiger partial charge in [0.2, 0.25) is 23.6 Å². The summed E-state index contributed by atoms with van der Waals surface area (Å²) in [6.07, 6.45) is 14.2. The second kappa shape index (κ2) is 16.0. The molecule has 3 fully saturated rings. The molecular formula is C44H46N6O6. The molecule has 0 aromatic heterocycles. The van der Waals surface area contributed by atoms with E-state index in [0.29, 0.717) is 62.3 Å². The minimum absolute atomic E-state index is 0.00198. The highest BCUT2D eigenvalue weighted by atomic mass is 16.5. The van der Waals surface area contributed by atoms with Crippen LogP contribution in [0.25, 0.3) is 12.2 Å². The first-order valence-corrected chi connectivity index (χ1v) is 19.4. The van der Waals surface area contributed by atoms with Crippen molar-refractivity contribution in [1.82, 2.24) is 15.1 Å². The number of fused-ring (bicyclic) bond motifs is 2. The Labute approximate surface area is 326 Å². The van der Waals surface area contributed by atoms with Crippen molar-refractivity contribution in [1.29, 1.82) is 0 Å². The van der Waals surface area contributed by atoms with Gasteiger partial charge in [0, 0.05) is 36.9 Å². The van der Waals surface area contributed by atoms with E-state index in [1.54, 1.807) is 15.9 Å². The van der Waals surface area contributed by atoms with Gasteiger partial charge in [0.1, 0.15) is 18.1 Å². The lowest BCUT2D eigenvalue weighted by Crippen LogP contribution is -2.53. The standard InChI is InChI=1S/C44H46N6O6/c1-56-44(55)50-36-11-5-3-9-31(36)27-39(50)43(54)49-25-7-13-38(49)41(52)46-33-22-18-29(19-23-33)15-14-28-16-20-32(21-17-28)45-40(51)37-12-6-24-48(37)42(53)35-26-30-8-2-4-10-34(30)47-35/h2-5,8-9,11,14-23,34-35,37-39,47H,6-7,10,12-13,24-27H2,1H3,(H,45,51)(H,46,52)/b15-14+/t34?,35-,37?,38-,39-/m0/s1. The van der Waals surface area contributed by atoms with Crippen LogP contribution in [0.5, 0.6) is 0 Å². The molecule has 5 amide bonds. The van der Waals surface area contributed by atoms with Gasteiger partial charge in [0.05, 0.1) is 18.8 Å². The predicted octanol–water partition coefficient (Wildman–Crippen LogP) is 5.53. The van der Waals surface area contributed by atoms with Gasteiger partial charge in [-0.2, -0.15) is 0 Å². The van der Waals surface area contributed by atoms with E-state index in [9.17, 15) is 24.0 Å². The second-order valence-electron chi connectivity index (χ2n) is 15.0. The maximum absolute atomic E-state index is 13.8. The number of methoxy groups -OCH3 is 1. The van der Waals surface area contributed by atoms with Gasteiger partial charge in [0.25, 0.3) is 0 Å². The molecule has 2 unspecified atom stereocenters. The largest absolute Gasteiger partial charge is 0.452 e. The van der Waals surface area contributed by atoms with Crippen LogP contribution < -0.4 is 20.9 Å². The second-order valence-corrected chi connectivity index (χ2v) is 15.0. The van der Waals surface area contributed by atoms with Gasteiger partial charge in [-0.1, -0.05) is 78.4 Å². The Balaban J connectivity index is 0.832. The van der Waals surface area contributed by atoms with E-state index in [0.717, 1.165) is 29.5 Å². The molecule has 12 nitrogen and oxygen atoms in total. The van der Waals surface area contributed by atoms with E-state index in [4.69, 9.17) is 4.74 Å². The number of benzene rings is 3. The average Bonchev–Trinajstić information content (AvgIpc) is 4.05. The molecule has 0 spiro atoms. The van der Waals surface area contributed by atoms with Crippen LogP contribution in [0, 0.1) is 0 Å². The molecule has 288 valence electrons. The molecule has 12 heteroatoms. The molecule has 4 aliphatic heterocycles. The number of likely N-dealkylation sites (tertiary alicyclic amines) is 2. The number of hydrogen-bond donors (Lipinski definition) is 3. The van der Waals surface area contributed by atoms with E-state index in [2.05, 4.69) is 28.1 Å². The van der Waals surface area contributed by atoms with Crippen molar-refractivity contribution in [2.45, 2.75) is 75.2 Å². The molecule has 5 atom stereocenters. The molecule has 8 rings (SSSR count). The number of rotatable bonds is 8. The topological polar surface area (TPSA) is 140 Å². The van der Waals surface area contributed by atoms with Gasteiger partial charge < -0.3 is 25.2 Å². The number of anilines is 3. The Morgan fingerprint density at radius 2 is 1.32 bits per heavy atom. The first-order chi connectivity index (χ1) is 27.3. The fraction of sp³-hybridized carbons (Fsp3) is 0.341. The molecule has 56 heavy (non-hydrogen) atoms. The van der Waals surface area contributed by atoms with Gasteiger partial charge in [-0.05, 0) is 85.5 Å². The number of carbonyl (C=O) groups is 5. The van der Waals surface area contributed by atoms with Crippen molar-refractivity contribution in [3.05, 3.63) is 113 Å². The number of allylic oxidation sites excluding steroid dienone is 2. The molecule has 3 saturated heterocycles. The van der Waals surface area contributed by atoms with Crippen LogP contribution in [0.3, 0.4) is 0 Å². The first-order valence-electron chi connectivity index (χ1n) is 19.4. The van der Waals surface area contributed by atoms with Gasteiger partial charge in [0.15, 0.2) is 0 Å². The number of nitrogens with zero attached hydrogens (tertiary/aromatic N) is 3. The Morgan fingerprint density at radius 3 is 1.91 bits per heavy atom. The van der Waals surface area contributed by atoms with Gasteiger partial charge >= 0.3 is 6.09 Å². The fourth-order valence-electron chi connectivity index (χ4n) is 8.66. The lowest BCUT2D eigenvalue weighted by Gasteiger charge is -2.30. The highest BCUT2D eigenvalue weighted by Crippen LogP contribution is 2.35. The summed E-state index contributed by atoms with van der Waals surface area (Å²) in [7, 11) is 1.30. The van der Waals surface area contributed by atoms with Crippen molar-refractivity contribution in [3.63, 3.8) is 0 Å². The van der Waals surface area contributed by atoms with Crippen LogP contribution in [0.2, 0.25) is 0 Å². The van der Waals surface area contributed by atoms with E-state index in [-0.39, 0.29) is 35.7 Å². The van der Waals surface area contributed by atoms with Crippen LogP contribution in [-0.4, -0.2) is 89.9 Å². The van der Waals surface area contributed by atoms with E-state index in [1.807, 2.05) is 85.0 Å². The van der Waals surface area contributed by atoms with Crippen molar-refractivity contribution in [2.24, 2.45) is 0 Å². The quantitative estimate of drug-likeness (QED) is 0.257. The summed E-state index contributed by atoms with van der Waals surface area (Å²) in [5, 5.41) is 9.44. The van der Waals surface area contributed by atoms with Crippen molar-refractivity contribution < 1.29 is 28.7 Å². The summed E-state index contributed by atoms with van der Waals surface area (Å²) in [5.74, 6) is -0.697. The SMILES string of the molecule is COC(=O)N1c2ccccc2C[C@H]1C(=O)N1CCC[C@H]1C(=O)Nc1ccc(/C=C/c2ccc(NC(=O)C3CCCN3C(=O)[C@@H]3CC4=CC=CCC4N3)cc2)cc1. The lowest BCUT2D eigenvalue weighted by molar-refractivity contribution is -0.138. The first kappa shape index (κ1) is 36.9. The van der Waals surface area contributed by atoms with Crippen LogP contribution in [0.1, 0.15) is 55.2 Å². The minimum atomic E-state index is -0.769. The summed E-state index contributed by atoms with van der Waals surface area (Å²) in [6.45, 7) is 1.02. The summed E-state index contributed by atoms with van der Waals surface area (Å²) >= 11 is 0. The zero-order valence-electron chi connectivity index (χ0n) is 31.4. The monoisotopic (exact) mass is 754 g/mol. The van der Waals surface area contributed by atoms with Crippen LogP contribution in [0.15, 0.2) is 96.6 Å². The number of carbonyl (C=O) groups excluding carboxylic acids is 5. The van der Waals surface area contributed by atoms with Crippen molar-refractivity contribution >= 4 is 58.9 Å². The zero-order chi connectivity index (χ0) is 38.8. The fourth-order valence-corrected chi connectivity index (χ4v) is 8.66. The molecule has 3 aromatic carbocycles. The van der Waals surface area contributed by atoms with E-state index >= 15 is 0 Å². The highest BCUT2D eigenvalue weighted by Gasteiger charge is 2.45. The van der Waals surface area contributed by atoms with Crippen LogP contribution in [-0.2, 0) is 30.3 Å². The summed E-state index contributed by atoms with van der Waals surface area (Å²) in [6, 6.07) is 20.4. The molecule has 4 heterocycles. The van der Waals surface area contributed by atoms with E-state index in [1.165, 1.54) is 17.6 Å². The van der Waals surface area contributed by atoms with Gasteiger partial charge in [-0.25, -0.2) is 4.79 Å². The summed E-state index contributed by atoms with van der Waals surface area (Å²) < 4.78 is 5.01. The smallest absolute Gasteiger partial charge is 0.414 e. The van der Waals surface area contributed by atoms with Crippen molar-refractivity contribution in [2.75, 3.05) is 35.7 Å². The molecule has 5 aliphatic rings. The number of ether oxygens (including phenoxy) is 1. The van der Waals surface area contributed by atoms with Crippen LogP contribution in [0.4, 0.5) is 21.9 Å². The molecule has 3 aromatic rings. The maximum atomic E-state index is 13.8. The minimum Gasteiger partial charge on any atom is -0.452 e. The molecule has 0 bridgehead atoms. The number of para-hydroxylation sites is 1. The molecule has 0 saturated carbocycles. The maximum Gasteiger partial charge on any atom is 0.414 e. The number of hydrogen-bond acceptors (Lipinski definition) is 7. The average molecular weight is 755 g/mol. The Hall–Kier alpha value is -6.01. The third-order valence-electron chi connectivity index (χ3n) is 11.5. The predicted molar refractivity (Wildman–Crippen MR) is 215 cm³/mol. The Morgan fingerprint density at radius 1 is 0.732 bits per heavy atom. The van der Waals surface area contributed by atoms with Gasteiger partial charge in [-0.15, -0.1) is 0 Å². The lowest BCUT2D eigenvalue weighted by atomic mass is 9.99. The van der Waals surface area contributed by atoms with Crippen molar-refractivity contribution in [3.8, 4) is 0 Å². The summed E-state index contributed by atoms with van der Waals surface area (Å²) in [4.78, 5) is 71.5. The third kappa shape index (κ3) is 7.48. The van der Waals surface area contributed by atoms with Crippen LogP contribution >= 0.6 is 0 Å². The molecule has 1 aliphatic carbocycles.